The first-order valence-corrected chi connectivity index (χ1v) is 11.7. The number of nitrogens with one attached hydrogen (secondary N) is 1. The second-order valence-corrected chi connectivity index (χ2v) is 11.1. The van der Waals surface area contributed by atoms with Crippen LogP contribution in [0.3, 0.4) is 0 Å². The molecule has 1 fully saturated rings. The fourth-order valence-electron chi connectivity index (χ4n) is 2.58. The Morgan fingerprint density at radius 3 is 2.48 bits per heavy atom. The molecular formula is C18H19F3INO2. The van der Waals surface area contributed by atoms with Gasteiger partial charge in [0.2, 0.25) is 0 Å². The summed E-state index contributed by atoms with van der Waals surface area (Å²) in [5.41, 5.74) is 0.586. The normalized spacial score (nSPS) is 18.7. The van der Waals surface area contributed by atoms with Gasteiger partial charge in [-0.05, 0) is 0 Å². The third-order valence-corrected chi connectivity index (χ3v) is 10.1. The van der Waals surface area contributed by atoms with Gasteiger partial charge in [0.15, 0.2) is 0 Å². The van der Waals surface area contributed by atoms with Crippen LogP contribution in [-0.2, 0) is 9.16 Å². The number of rotatable bonds is 5. The van der Waals surface area contributed by atoms with E-state index in [4.69, 9.17) is 4.74 Å². The maximum absolute atomic E-state index is 12.7. The number of ether oxygens (including phenoxy) is 2. The monoisotopic (exact) mass is 465 g/mol. The molecule has 1 N–H and O–H groups in total. The van der Waals surface area contributed by atoms with Crippen molar-refractivity contribution in [3.63, 3.8) is 0 Å². The molecule has 0 unspecified atom stereocenters. The van der Waals surface area contributed by atoms with Crippen LogP contribution in [0.1, 0.15) is 5.56 Å². The van der Waals surface area contributed by atoms with Gasteiger partial charge in [0, 0.05) is 0 Å². The van der Waals surface area contributed by atoms with Crippen molar-refractivity contribution in [1.82, 2.24) is 5.32 Å². The minimum absolute atomic E-state index is 0.0549. The second kappa shape index (κ2) is 8.37. The summed E-state index contributed by atoms with van der Waals surface area (Å²) in [5.74, 6) is -0.114. The Balaban J connectivity index is 1.88. The molecular weight excluding hydrogens is 446 g/mol. The van der Waals surface area contributed by atoms with Crippen LogP contribution in [0.25, 0.3) is 0 Å². The first-order valence-electron chi connectivity index (χ1n) is 7.88. The average Bonchev–Trinajstić information content (AvgIpc) is 2.61. The molecule has 7 heteroatoms. The molecule has 3 nitrogen and oxygen atoms in total. The summed E-state index contributed by atoms with van der Waals surface area (Å²) in [7, 11) is 0. The van der Waals surface area contributed by atoms with Gasteiger partial charge in [-0.25, -0.2) is 0 Å². The first kappa shape index (κ1) is 18.5. The van der Waals surface area contributed by atoms with Crippen molar-refractivity contribution in [2.24, 2.45) is 0 Å². The van der Waals surface area contributed by atoms with Crippen LogP contribution in [0, 0.1) is 3.57 Å². The van der Waals surface area contributed by atoms with Gasteiger partial charge in [-0.15, -0.1) is 0 Å². The molecule has 3 rings (SSSR count). The van der Waals surface area contributed by atoms with Crippen LogP contribution in [0.5, 0.6) is 5.75 Å². The molecule has 0 radical (unpaired) electrons. The Labute approximate surface area is 151 Å². The van der Waals surface area contributed by atoms with Crippen LogP contribution >= 0.6 is 19.8 Å². The van der Waals surface area contributed by atoms with E-state index in [0.717, 1.165) is 13.1 Å². The molecule has 2 aromatic rings. The van der Waals surface area contributed by atoms with E-state index in [2.05, 4.69) is 22.2 Å². The van der Waals surface area contributed by atoms with Crippen LogP contribution in [0.15, 0.2) is 54.6 Å². The van der Waals surface area contributed by atoms with E-state index in [-0.39, 0.29) is 9.86 Å². The van der Waals surface area contributed by atoms with Crippen molar-refractivity contribution in [1.29, 1.82) is 0 Å². The van der Waals surface area contributed by atoms with Gasteiger partial charge in [0.05, 0.1) is 0 Å². The summed E-state index contributed by atoms with van der Waals surface area (Å²) in [5, 5.41) is 3.33. The molecule has 0 bridgehead atoms. The third kappa shape index (κ3) is 5.32. The summed E-state index contributed by atoms with van der Waals surface area (Å²) in [4.78, 5) is 0. The number of morpholine rings is 1. The molecule has 1 aliphatic rings. The number of halogens is 4. The summed E-state index contributed by atoms with van der Waals surface area (Å²) in [6.45, 7) is 2.18. The van der Waals surface area contributed by atoms with Gasteiger partial charge in [-0.3, -0.25) is 0 Å². The molecule has 0 amide bonds. The number of benzene rings is 2. The zero-order valence-corrected chi connectivity index (χ0v) is 15.6. The van der Waals surface area contributed by atoms with E-state index in [0.29, 0.717) is 16.6 Å². The van der Waals surface area contributed by atoms with E-state index >= 15 is 0 Å². The molecule has 1 aliphatic heterocycles. The zero-order chi connectivity index (χ0) is 17.7. The summed E-state index contributed by atoms with van der Waals surface area (Å²) < 4.78 is 50.1. The average molecular weight is 465 g/mol. The van der Waals surface area contributed by atoms with Crippen LogP contribution < -0.4 is 10.1 Å². The van der Waals surface area contributed by atoms with Gasteiger partial charge in [-0.1, -0.05) is 0 Å². The molecule has 0 spiro atoms. The van der Waals surface area contributed by atoms with Crippen molar-refractivity contribution in [3.05, 3.63) is 63.7 Å². The zero-order valence-electron chi connectivity index (χ0n) is 13.4. The van der Waals surface area contributed by atoms with Gasteiger partial charge in [0.25, 0.3) is 0 Å². The quantitative estimate of drug-likeness (QED) is 0.525. The molecule has 0 aromatic heterocycles. The molecule has 136 valence electrons. The molecule has 1 atom stereocenters. The SMILES string of the molecule is FC(F)(F)Oc1ccccc1CI(c1ccccc1)[C@@H]1CNCCO1. The predicted octanol–water partition coefficient (Wildman–Crippen LogP) is 4.41. The molecule has 0 aliphatic carbocycles. The number of para-hydroxylation sites is 1. The Morgan fingerprint density at radius 1 is 1.08 bits per heavy atom. The fraction of sp³-hybridized carbons (Fsp3) is 0.333. The van der Waals surface area contributed by atoms with E-state index < -0.39 is 26.2 Å². The number of hydrogen-bond acceptors (Lipinski definition) is 3. The second-order valence-electron chi connectivity index (χ2n) is 5.47. The van der Waals surface area contributed by atoms with Gasteiger partial charge < -0.3 is 0 Å². The first-order chi connectivity index (χ1) is 12.0. The van der Waals surface area contributed by atoms with Crippen LogP contribution in [0.2, 0.25) is 0 Å². The van der Waals surface area contributed by atoms with Crippen molar-refractivity contribution in [2.75, 3.05) is 19.7 Å². The molecule has 1 heterocycles. The molecule has 0 saturated carbocycles. The summed E-state index contributed by atoms with van der Waals surface area (Å²) >= 11 is -1.94. The van der Waals surface area contributed by atoms with Gasteiger partial charge >= 0.3 is 152 Å². The number of alkyl halides is 5. The summed E-state index contributed by atoms with van der Waals surface area (Å²) in [6.07, 6.45) is -4.69. The Morgan fingerprint density at radius 2 is 1.80 bits per heavy atom. The Hall–Kier alpha value is -1.32. The van der Waals surface area contributed by atoms with Crippen molar-refractivity contribution in [2.45, 2.75) is 14.9 Å². The Bertz CT molecular complexity index is 676. The van der Waals surface area contributed by atoms with Gasteiger partial charge in [-0.2, -0.15) is 0 Å². The third-order valence-electron chi connectivity index (χ3n) is 3.68. The van der Waals surface area contributed by atoms with E-state index in [1.807, 2.05) is 18.2 Å². The van der Waals surface area contributed by atoms with E-state index in [1.165, 1.54) is 9.64 Å². The van der Waals surface area contributed by atoms with Gasteiger partial charge in [0.1, 0.15) is 0 Å². The molecule has 1 saturated heterocycles. The van der Waals surface area contributed by atoms with Crippen molar-refractivity contribution < 1.29 is 22.6 Å². The number of hydrogen-bond donors (Lipinski definition) is 1. The topological polar surface area (TPSA) is 30.5 Å². The summed E-state index contributed by atoms with van der Waals surface area (Å²) in [6, 6.07) is 16.4. The van der Waals surface area contributed by atoms with Crippen molar-refractivity contribution in [3.8, 4) is 5.75 Å². The predicted molar refractivity (Wildman–Crippen MR) is 98.6 cm³/mol. The van der Waals surface area contributed by atoms with E-state index in [9.17, 15) is 13.2 Å². The van der Waals surface area contributed by atoms with Crippen LogP contribution in [-0.4, -0.2) is 30.2 Å². The molecule has 2 aromatic carbocycles. The fourth-order valence-corrected chi connectivity index (χ4v) is 8.70. The van der Waals surface area contributed by atoms with Crippen LogP contribution in [0.4, 0.5) is 13.2 Å². The van der Waals surface area contributed by atoms with E-state index in [1.54, 1.807) is 18.2 Å². The maximum atomic E-state index is 12.7. The molecule has 25 heavy (non-hydrogen) atoms. The van der Waals surface area contributed by atoms with Crippen molar-refractivity contribution >= 4 is 19.8 Å². The standard InChI is InChI=1S/C18H19F3INO2/c19-18(20,21)25-16-9-5-4-6-14(16)12-22(15-7-2-1-3-8-15)17-13-23-10-11-24-17/h1-9,17,23H,10-13H2/t17-/m0/s1. The minimum atomic E-state index is -4.69. The Kier molecular flexibility index (Phi) is 6.19.